The number of hydrogen-bond donors (Lipinski definition) is 1. The van der Waals surface area contributed by atoms with Gasteiger partial charge in [-0.3, -0.25) is 0 Å². The highest BCUT2D eigenvalue weighted by Gasteiger charge is 2.15. The Morgan fingerprint density at radius 3 is 2.48 bits per heavy atom. The molecule has 3 nitrogen and oxygen atoms in total. The number of benzene rings is 2. The zero-order chi connectivity index (χ0) is 14.7. The number of ether oxygens (including phenoxy) is 2. The second kappa shape index (κ2) is 6.41. The lowest BCUT2D eigenvalue weighted by molar-refractivity contribution is 0.171. The summed E-state index contributed by atoms with van der Waals surface area (Å²) in [5, 5.41) is 0.244. The van der Waals surface area contributed by atoms with Crippen LogP contribution in [0.25, 0.3) is 0 Å². The number of rotatable bonds is 4. The van der Waals surface area contributed by atoms with Crippen LogP contribution < -0.4 is 15.2 Å². The summed E-state index contributed by atoms with van der Waals surface area (Å²) in [4.78, 5) is 1.15. The van der Waals surface area contributed by atoms with E-state index in [1.165, 1.54) is 11.1 Å². The van der Waals surface area contributed by atoms with E-state index in [0.717, 1.165) is 16.4 Å². The maximum atomic E-state index is 5.95. The Hall–Kier alpha value is -1.65. The summed E-state index contributed by atoms with van der Waals surface area (Å²) < 4.78 is 11.2. The van der Waals surface area contributed by atoms with Gasteiger partial charge in [-0.25, -0.2) is 0 Å². The molecule has 0 radical (unpaired) electrons. The van der Waals surface area contributed by atoms with Gasteiger partial charge in [0.05, 0.1) is 0 Å². The predicted octanol–water partition coefficient (Wildman–Crippen LogP) is 3.56. The fraction of sp³-hybridized carbons (Fsp3) is 0.294. The van der Waals surface area contributed by atoms with Gasteiger partial charge >= 0.3 is 0 Å². The van der Waals surface area contributed by atoms with Crippen molar-refractivity contribution in [2.75, 3.05) is 19.8 Å². The van der Waals surface area contributed by atoms with Crippen LogP contribution in [0.4, 0.5) is 0 Å². The minimum Gasteiger partial charge on any atom is -0.486 e. The number of aryl methyl sites for hydroxylation is 1. The molecule has 1 atom stereocenters. The van der Waals surface area contributed by atoms with Gasteiger partial charge < -0.3 is 15.2 Å². The second-order valence-electron chi connectivity index (χ2n) is 5.06. The zero-order valence-corrected chi connectivity index (χ0v) is 12.9. The van der Waals surface area contributed by atoms with Crippen molar-refractivity contribution in [3.8, 4) is 11.5 Å². The molecule has 3 rings (SSSR count). The van der Waals surface area contributed by atoms with Crippen molar-refractivity contribution in [1.29, 1.82) is 0 Å². The van der Waals surface area contributed by atoms with E-state index in [1.807, 2.05) is 12.1 Å². The monoisotopic (exact) mass is 301 g/mol. The van der Waals surface area contributed by atoms with Crippen LogP contribution in [0.2, 0.25) is 0 Å². The Kier molecular flexibility index (Phi) is 4.36. The zero-order valence-electron chi connectivity index (χ0n) is 12.0. The quantitative estimate of drug-likeness (QED) is 0.877. The number of fused-ring (bicyclic) bond motifs is 1. The van der Waals surface area contributed by atoms with E-state index in [2.05, 4.69) is 37.3 Å². The summed E-state index contributed by atoms with van der Waals surface area (Å²) in [6.45, 7) is 3.92. The topological polar surface area (TPSA) is 44.5 Å². The first-order valence-electron chi connectivity index (χ1n) is 7.09. The van der Waals surface area contributed by atoms with Crippen molar-refractivity contribution >= 4 is 11.8 Å². The van der Waals surface area contributed by atoms with Crippen LogP contribution in [0, 0.1) is 6.92 Å². The molecule has 110 valence electrons. The summed E-state index contributed by atoms with van der Waals surface area (Å²) in [6.07, 6.45) is 0. The van der Waals surface area contributed by atoms with Gasteiger partial charge in [-0.05, 0) is 30.7 Å². The number of hydrogen-bond acceptors (Lipinski definition) is 4. The molecule has 21 heavy (non-hydrogen) atoms. The highest BCUT2D eigenvalue weighted by atomic mass is 32.2. The third-order valence-corrected chi connectivity index (χ3v) is 4.73. The van der Waals surface area contributed by atoms with E-state index in [1.54, 1.807) is 11.8 Å². The maximum Gasteiger partial charge on any atom is 0.162 e. The van der Waals surface area contributed by atoms with Crippen molar-refractivity contribution in [2.45, 2.75) is 17.1 Å². The largest absolute Gasteiger partial charge is 0.486 e. The van der Waals surface area contributed by atoms with Gasteiger partial charge in [-0.1, -0.05) is 29.8 Å². The fourth-order valence-electron chi connectivity index (χ4n) is 2.29. The Morgan fingerprint density at radius 1 is 1.05 bits per heavy atom. The molecule has 1 heterocycles. The van der Waals surface area contributed by atoms with Crippen LogP contribution in [-0.2, 0) is 0 Å². The predicted molar refractivity (Wildman–Crippen MR) is 86.3 cm³/mol. The SMILES string of the molecule is Cc1ccc(C(CN)Sc2ccc3c(c2)OCCO3)cc1. The van der Waals surface area contributed by atoms with Crippen LogP contribution in [0.3, 0.4) is 0 Å². The van der Waals surface area contributed by atoms with Crippen molar-refractivity contribution < 1.29 is 9.47 Å². The summed E-state index contributed by atoms with van der Waals surface area (Å²) >= 11 is 1.76. The smallest absolute Gasteiger partial charge is 0.162 e. The average Bonchev–Trinajstić information content (AvgIpc) is 2.53. The molecule has 4 heteroatoms. The molecular weight excluding hydrogens is 282 g/mol. The van der Waals surface area contributed by atoms with E-state index >= 15 is 0 Å². The highest BCUT2D eigenvalue weighted by Crippen LogP contribution is 2.39. The van der Waals surface area contributed by atoms with Gasteiger partial charge in [-0.2, -0.15) is 0 Å². The maximum absolute atomic E-state index is 5.95. The molecule has 0 bridgehead atoms. The molecule has 1 unspecified atom stereocenters. The Labute approximate surface area is 129 Å². The number of thioether (sulfide) groups is 1. The van der Waals surface area contributed by atoms with Crippen molar-refractivity contribution in [3.63, 3.8) is 0 Å². The van der Waals surface area contributed by atoms with E-state index in [9.17, 15) is 0 Å². The molecule has 0 fully saturated rings. The van der Waals surface area contributed by atoms with E-state index < -0.39 is 0 Å². The standard InChI is InChI=1S/C17H19NO2S/c1-12-2-4-13(5-3-12)17(11-18)21-14-6-7-15-16(10-14)20-9-8-19-15/h2-7,10,17H,8-9,11,18H2,1H3. The van der Waals surface area contributed by atoms with Crippen LogP contribution in [-0.4, -0.2) is 19.8 Å². The molecule has 0 saturated carbocycles. The molecule has 0 amide bonds. The second-order valence-corrected chi connectivity index (χ2v) is 6.33. The van der Waals surface area contributed by atoms with Crippen molar-refractivity contribution in [3.05, 3.63) is 53.6 Å². The van der Waals surface area contributed by atoms with Gasteiger partial charge in [0.1, 0.15) is 13.2 Å². The van der Waals surface area contributed by atoms with E-state index in [0.29, 0.717) is 19.8 Å². The fourth-order valence-corrected chi connectivity index (χ4v) is 3.33. The van der Waals surface area contributed by atoms with Crippen LogP contribution in [0.15, 0.2) is 47.4 Å². The summed E-state index contributed by atoms with van der Waals surface area (Å²) in [5.41, 5.74) is 8.47. The molecule has 2 aromatic carbocycles. The molecule has 0 aromatic heterocycles. The Morgan fingerprint density at radius 2 is 1.76 bits per heavy atom. The minimum atomic E-state index is 0.244. The lowest BCUT2D eigenvalue weighted by Gasteiger charge is -2.20. The summed E-state index contributed by atoms with van der Waals surface area (Å²) in [6, 6.07) is 14.6. The lowest BCUT2D eigenvalue weighted by Crippen LogP contribution is -2.15. The van der Waals surface area contributed by atoms with Gasteiger partial charge in [0, 0.05) is 16.7 Å². The Balaban J connectivity index is 1.79. The molecule has 1 aliphatic rings. The molecule has 1 aliphatic heterocycles. The van der Waals surface area contributed by atoms with Crippen molar-refractivity contribution in [1.82, 2.24) is 0 Å². The summed E-state index contributed by atoms with van der Waals surface area (Å²) in [5.74, 6) is 1.65. The normalized spacial score (nSPS) is 14.8. The van der Waals surface area contributed by atoms with Crippen LogP contribution in [0.5, 0.6) is 11.5 Å². The molecular formula is C17H19NO2S. The van der Waals surface area contributed by atoms with Gasteiger partial charge in [0.25, 0.3) is 0 Å². The van der Waals surface area contributed by atoms with E-state index in [4.69, 9.17) is 15.2 Å². The summed E-state index contributed by atoms with van der Waals surface area (Å²) in [7, 11) is 0. The van der Waals surface area contributed by atoms with Gasteiger partial charge in [0.2, 0.25) is 0 Å². The third-order valence-electron chi connectivity index (χ3n) is 3.46. The highest BCUT2D eigenvalue weighted by molar-refractivity contribution is 7.99. The molecule has 0 aliphatic carbocycles. The Bertz CT molecular complexity index is 613. The molecule has 2 N–H and O–H groups in total. The van der Waals surface area contributed by atoms with Crippen LogP contribution >= 0.6 is 11.8 Å². The van der Waals surface area contributed by atoms with Crippen molar-refractivity contribution in [2.24, 2.45) is 5.73 Å². The molecule has 0 saturated heterocycles. The minimum absolute atomic E-state index is 0.244. The number of nitrogens with two attached hydrogens (primary N) is 1. The average molecular weight is 301 g/mol. The first-order valence-corrected chi connectivity index (χ1v) is 7.97. The first-order chi connectivity index (χ1) is 10.3. The van der Waals surface area contributed by atoms with Crippen LogP contribution in [0.1, 0.15) is 16.4 Å². The molecule has 2 aromatic rings. The molecule has 0 spiro atoms. The first kappa shape index (κ1) is 14.3. The van der Waals surface area contributed by atoms with Gasteiger partial charge in [0.15, 0.2) is 11.5 Å². The van der Waals surface area contributed by atoms with E-state index in [-0.39, 0.29) is 5.25 Å². The third kappa shape index (κ3) is 3.34. The lowest BCUT2D eigenvalue weighted by atomic mass is 10.1. The van der Waals surface area contributed by atoms with Gasteiger partial charge in [-0.15, -0.1) is 11.8 Å².